The molecule has 0 radical (unpaired) electrons. The fourth-order valence-corrected chi connectivity index (χ4v) is 3.20. The summed E-state index contributed by atoms with van der Waals surface area (Å²) in [7, 11) is 0. The van der Waals surface area contributed by atoms with Gasteiger partial charge in [-0.3, -0.25) is 4.40 Å². The molecule has 2 heterocycles. The van der Waals surface area contributed by atoms with Crippen LogP contribution >= 0.6 is 27.3 Å². The van der Waals surface area contributed by atoms with Crippen molar-refractivity contribution in [1.29, 1.82) is 0 Å². The second kappa shape index (κ2) is 5.58. The van der Waals surface area contributed by atoms with Crippen molar-refractivity contribution in [2.75, 3.05) is 0 Å². The number of imidazole rings is 1. The average molecular weight is 351 g/mol. The Labute approximate surface area is 130 Å². The summed E-state index contributed by atoms with van der Waals surface area (Å²) in [6.45, 7) is 4.83. The summed E-state index contributed by atoms with van der Waals surface area (Å²) in [5, 5.41) is 2.03. The van der Waals surface area contributed by atoms with Crippen LogP contribution in [0, 0.1) is 0 Å². The van der Waals surface area contributed by atoms with Crippen molar-refractivity contribution in [3.63, 3.8) is 0 Å². The topological polar surface area (TPSA) is 26.5 Å². The second-order valence-electron chi connectivity index (χ2n) is 4.95. The molecule has 2 aromatic heterocycles. The lowest BCUT2D eigenvalue weighted by Crippen LogP contribution is -2.00. The summed E-state index contributed by atoms with van der Waals surface area (Å²) in [5.41, 5.74) is 2.16. The summed E-state index contributed by atoms with van der Waals surface area (Å²) >= 11 is 5.14. The highest BCUT2D eigenvalue weighted by molar-refractivity contribution is 9.10. The minimum atomic E-state index is 0.424. The van der Waals surface area contributed by atoms with E-state index in [1.54, 1.807) is 11.3 Å². The maximum absolute atomic E-state index is 5.95. The third kappa shape index (κ3) is 2.74. The van der Waals surface area contributed by atoms with Gasteiger partial charge in [-0.25, -0.2) is 4.98 Å². The predicted octanol–water partition coefficient (Wildman–Crippen LogP) is 4.86. The molecule has 3 aromatic rings. The van der Waals surface area contributed by atoms with E-state index in [2.05, 4.69) is 40.8 Å². The van der Waals surface area contributed by atoms with Gasteiger partial charge in [0.25, 0.3) is 0 Å². The molecule has 104 valence electrons. The van der Waals surface area contributed by atoms with Gasteiger partial charge in [0, 0.05) is 22.2 Å². The first kappa shape index (κ1) is 13.6. The number of nitrogens with zero attached hydrogens (tertiary/aromatic N) is 2. The Hall–Kier alpha value is -1.33. The Morgan fingerprint density at radius 3 is 3.00 bits per heavy atom. The monoisotopic (exact) mass is 350 g/mol. The zero-order chi connectivity index (χ0) is 14.1. The molecule has 0 aliphatic carbocycles. The Morgan fingerprint density at radius 1 is 1.40 bits per heavy atom. The van der Waals surface area contributed by atoms with Crippen LogP contribution in [0.15, 0.2) is 40.4 Å². The summed E-state index contributed by atoms with van der Waals surface area (Å²) < 4.78 is 9.05. The number of benzene rings is 1. The SMILES string of the molecule is CC(C)c1cc(Br)ccc1OCc1cn2ccsc2n1. The molecule has 0 aliphatic heterocycles. The maximum Gasteiger partial charge on any atom is 0.193 e. The van der Waals surface area contributed by atoms with Gasteiger partial charge in [0.2, 0.25) is 0 Å². The van der Waals surface area contributed by atoms with E-state index in [1.165, 1.54) is 5.56 Å². The Bertz CT molecular complexity index is 704. The molecule has 0 saturated heterocycles. The van der Waals surface area contributed by atoms with E-state index in [4.69, 9.17) is 4.74 Å². The minimum Gasteiger partial charge on any atom is -0.487 e. The zero-order valence-corrected chi connectivity index (χ0v) is 13.7. The standard InChI is InChI=1S/C15H15BrN2OS/c1-10(2)13-7-11(16)3-4-14(13)19-9-12-8-18-5-6-20-15(18)17-12/h3-8,10H,9H2,1-2H3. The van der Waals surface area contributed by atoms with E-state index in [-0.39, 0.29) is 0 Å². The molecule has 0 saturated carbocycles. The number of rotatable bonds is 4. The number of fused-ring (bicyclic) bond motifs is 1. The molecule has 0 aliphatic rings. The number of hydrogen-bond acceptors (Lipinski definition) is 3. The molecule has 0 atom stereocenters. The highest BCUT2D eigenvalue weighted by Crippen LogP contribution is 2.30. The van der Waals surface area contributed by atoms with Crippen LogP contribution in [0.5, 0.6) is 5.75 Å². The highest BCUT2D eigenvalue weighted by Gasteiger charge is 2.10. The molecular formula is C15H15BrN2OS. The number of aromatic nitrogens is 2. The van der Waals surface area contributed by atoms with Gasteiger partial charge >= 0.3 is 0 Å². The first-order valence-electron chi connectivity index (χ1n) is 6.47. The number of halogens is 1. The second-order valence-corrected chi connectivity index (χ2v) is 6.74. The predicted molar refractivity (Wildman–Crippen MR) is 85.6 cm³/mol. The van der Waals surface area contributed by atoms with Crippen molar-refractivity contribution in [3.05, 3.63) is 51.7 Å². The smallest absolute Gasteiger partial charge is 0.193 e. The van der Waals surface area contributed by atoms with Crippen LogP contribution < -0.4 is 4.74 Å². The van der Waals surface area contributed by atoms with E-state index < -0.39 is 0 Å². The number of hydrogen-bond donors (Lipinski definition) is 0. The van der Waals surface area contributed by atoms with E-state index in [0.717, 1.165) is 20.9 Å². The Kier molecular flexibility index (Phi) is 3.81. The van der Waals surface area contributed by atoms with Crippen LogP contribution in [0.25, 0.3) is 4.96 Å². The van der Waals surface area contributed by atoms with Gasteiger partial charge in [0.15, 0.2) is 4.96 Å². The first-order valence-corrected chi connectivity index (χ1v) is 8.14. The molecule has 3 rings (SSSR count). The molecule has 1 aromatic carbocycles. The van der Waals surface area contributed by atoms with Crippen LogP contribution in [0.3, 0.4) is 0 Å². The molecule has 3 nitrogen and oxygen atoms in total. The third-order valence-electron chi connectivity index (χ3n) is 3.11. The summed E-state index contributed by atoms with van der Waals surface area (Å²) in [6.07, 6.45) is 4.02. The summed E-state index contributed by atoms with van der Waals surface area (Å²) in [4.78, 5) is 5.53. The highest BCUT2D eigenvalue weighted by atomic mass is 79.9. The Morgan fingerprint density at radius 2 is 2.25 bits per heavy atom. The molecule has 5 heteroatoms. The summed E-state index contributed by atoms with van der Waals surface area (Å²) in [6, 6.07) is 6.14. The molecule has 0 fully saturated rings. The largest absolute Gasteiger partial charge is 0.487 e. The Balaban J connectivity index is 1.79. The van der Waals surface area contributed by atoms with Gasteiger partial charge in [0.05, 0.1) is 5.69 Å². The summed E-state index contributed by atoms with van der Waals surface area (Å²) in [5.74, 6) is 1.35. The van der Waals surface area contributed by atoms with Gasteiger partial charge in [0.1, 0.15) is 12.4 Å². The van der Waals surface area contributed by atoms with Crippen molar-refractivity contribution in [3.8, 4) is 5.75 Å². The van der Waals surface area contributed by atoms with E-state index >= 15 is 0 Å². The normalized spacial score (nSPS) is 11.4. The lowest BCUT2D eigenvalue weighted by atomic mass is 10.0. The quantitative estimate of drug-likeness (QED) is 0.671. The molecular weight excluding hydrogens is 336 g/mol. The molecule has 20 heavy (non-hydrogen) atoms. The van der Waals surface area contributed by atoms with E-state index in [0.29, 0.717) is 12.5 Å². The maximum atomic E-state index is 5.95. The lowest BCUT2D eigenvalue weighted by Gasteiger charge is -2.13. The molecule has 0 N–H and O–H groups in total. The lowest BCUT2D eigenvalue weighted by molar-refractivity contribution is 0.297. The van der Waals surface area contributed by atoms with Crippen LogP contribution in [0.1, 0.15) is 31.0 Å². The van der Waals surface area contributed by atoms with Crippen molar-refractivity contribution >= 4 is 32.2 Å². The molecule has 0 unspecified atom stereocenters. The zero-order valence-electron chi connectivity index (χ0n) is 11.3. The van der Waals surface area contributed by atoms with Gasteiger partial charge < -0.3 is 4.74 Å². The van der Waals surface area contributed by atoms with Crippen molar-refractivity contribution in [2.24, 2.45) is 0 Å². The number of ether oxygens (including phenoxy) is 1. The minimum absolute atomic E-state index is 0.424. The fourth-order valence-electron chi connectivity index (χ4n) is 2.10. The molecule has 0 amide bonds. The van der Waals surface area contributed by atoms with Gasteiger partial charge in [-0.05, 0) is 29.7 Å². The van der Waals surface area contributed by atoms with Gasteiger partial charge in [-0.15, -0.1) is 11.3 Å². The van der Waals surface area contributed by atoms with Crippen molar-refractivity contribution < 1.29 is 4.74 Å². The number of thiazole rings is 1. The fraction of sp³-hybridized carbons (Fsp3) is 0.267. The third-order valence-corrected chi connectivity index (χ3v) is 4.38. The van der Waals surface area contributed by atoms with Crippen molar-refractivity contribution in [2.45, 2.75) is 26.4 Å². The van der Waals surface area contributed by atoms with Crippen molar-refractivity contribution in [1.82, 2.24) is 9.38 Å². The average Bonchev–Trinajstić information content (AvgIpc) is 2.97. The van der Waals surface area contributed by atoms with E-state index in [9.17, 15) is 0 Å². The van der Waals surface area contributed by atoms with E-state index in [1.807, 2.05) is 34.3 Å². The van der Waals surface area contributed by atoms with Crippen LogP contribution in [0.2, 0.25) is 0 Å². The van der Waals surface area contributed by atoms with Gasteiger partial charge in [-0.2, -0.15) is 0 Å². The van der Waals surface area contributed by atoms with Gasteiger partial charge in [-0.1, -0.05) is 29.8 Å². The first-order chi connectivity index (χ1) is 9.63. The van der Waals surface area contributed by atoms with Crippen LogP contribution in [0.4, 0.5) is 0 Å². The van der Waals surface area contributed by atoms with Crippen LogP contribution in [-0.4, -0.2) is 9.38 Å². The van der Waals surface area contributed by atoms with Crippen LogP contribution in [-0.2, 0) is 6.61 Å². The molecule has 0 spiro atoms. The molecule has 0 bridgehead atoms.